The van der Waals surface area contributed by atoms with Crippen molar-refractivity contribution < 1.29 is 14.6 Å². The number of halogens is 1. The zero-order chi connectivity index (χ0) is 14.6. The second-order valence-corrected chi connectivity index (χ2v) is 6.17. The van der Waals surface area contributed by atoms with E-state index in [1.807, 2.05) is 18.2 Å². The number of rotatable bonds is 3. The summed E-state index contributed by atoms with van der Waals surface area (Å²) in [4.78, 5) is 15.7. The van der Waals surface area contributed by atoms with Gasteiger partial charge in [-0.2, -0.15) is 0 Å². The lowest BCUT2D eigenvalue weighted by Gasteiger charge is -2.13. The van der Waals surface area contributed by atoms with Crippen molar-refractivity contribution in [1.29, 1.82) is 0 Å². The second kappa shape index (κ2) is 4.71. The normalized spacial score (nSPS) is 25.6. The molecule has 0 radical (unpaired) electrons. The summed E-state index contributed by atoms with van der Waals surface area (Å²) in [5, 5.41) is 9.76. The average Bonchev–Trinajstić information content (AvgIpc) is 3.03. The van der Waals surface area contributed by atoms with E-state index >= 15 is 0 Å². The van der Waals surface area contributed by atoms with Gasteiger partial charge in [-0.1, -0.05) is 11.6 Å². The average molecular weight is 307 g/mol. The first-order valence-electron chi connectivity index (χ1n) is 7.19. The van der Waals surface area contributed by atoms with E-state index in [9.17, 15) is 4.79 Å². The molecule has 2 heterocycles. The maximum absolute atomic E-state index is 11.1. The van der Waals surface area contributed by atoms with Crippen LogP contribution in [0.2, 0.25) is 5.02 Å². The van der Waals surface area contributed by atoms with Gasteiger partial charge in [0.25, 0.3) is 0 Å². The number of imidazole rings is 1. The number of carbonyl (C=O) groups is 1. The number of fused-ring (bicyclic) bond motifs is 1. The van der Waals surface area contributed by atoms with E-state index in [1.165, 1.54) is 0 Å². The number of aliphatic carboxylic acids is 1. The predicted octanol–water partition coefficient (Wildman–Crippen LogP) is 3.33. The number of hydrogen-bond acceptors (Lipinski definition) is 3. The quantitative estimate of drug-likeness (QED) is 0.944. The Morgan fingerprint density at radius 3 is 2.81 bits per heavy atom. The summed E-state index contributed by atoms with van der Waals surface area (Å²) in [7, 11) is 0. The number of carboxylic acids is 1. The van der Waals surface area contributed by atoms with Gasteiger partial charge >= 0.3 is 5.97 Å². The molecule has 1 saturated carbocycles. The Balaban J connectivity index is 1.78. The smallest absolute Gasteiger partial charge is 0.332 e. The first-order valence-corrected chi connectivity index (χ1v) is 7.57. The fourth-order valence-corrected chi connectivity index (χ4v) is 3.20. The molecule has 21 heavy (non-hydrogen) atoms. The summed E-state index contributed by atoms with van der Waals surface area (Å²) in [5.74, 6) is -0.0480. The molecule has 1 aromatic carbocycles. The Bertz CT molecular complexity index is 723. The SMILES string of the molecule is O=C(O)C1CCC(c2nc3ccc(Cl)cc3n2C2CC2)O1. The molecule has 0 spiro atoms. The highest BCUT2D eigenvalue weighted by Gasteiger charge is 2.37. The van der Waals surface area contributed by atoms with Crippen LogP contribution in [0.1, 0.15) is 43.7 Å². The van der Waals surface area contributed by atoms with Crippen molar-refractivity contribution in [3.63, 3.8) is 0 Å². The predicted molar refractivity (Wildman–Crippen MR) is 77.5 cm³/mol. The van der Waals surface area contributed by atoms with Crippen molar-refractivity contribution >= 4 is 28.6 Å². The van der Waals surface area contributed by atoms with E-state index in [1.54, 1.807) is 0 Å². The van der Waals surface area contributed by atoms with Crippen LogP contribution >= 0.6 is 11.6 Å². The minimum absolute atomic E-state index is 0.238. The van der Waals surface area contributed by atoms with Gasteiger partial charge in [0, 0.05) is 11.1 Å². The molecule has 2 atom stereocenters. The minimum Gasteiger partial charge on any atom is -0.479 e. The molecule has 1 aliphatic heterocycles. The van der Waals surface area contributed by atoms with Crippen LogP contribution in [0.3, 0.4) is 0 Å². The monoisotopic (exact) mass is 306 g/mol. The molecule has 0 amide bonds. The largest absolute Gasteiger partial charge is 0.479 e. The maximum atomic E-state index is 11.1. The lowest BCUT2D eigenvalue weighted by Crippen LogP contribution is -2.19. The van der Waals surface area contributed by atoms with Crippen molar-refractivity contribution in [1.82, 2.24) is 9.55 Å². The fourth-order valence-electron chi connectivity index (χ4n) is 3.04. The van der Waals surface area contributed by atoms with Crippen molar-refractivity contribution in [2.45, 2.75) is 43.9 Å². The lowest BCUT2D eigenvalue weighted by atomic mass is 10.2. The van der Waals surface area contributed by atoms with Crippen LogP contribution in [-0.2, 0) is 9.53 Å². The molecule has 1 N–H and O–H groups in total. The molecule has 2 unspecified atom stereocenters. The number of ether oxygens (including phenoxy) is 1. The van der Waals surface area contributed by atoms with Crippen LogP contribution in [0.15, 0.2) is 18.2 Å². The van der Waals surface area contributed by atoms with Gasteiger partial charge in [-0.05, 0) is 43.9 Å². The van der Waals surface area contributed by atoms with E-state index in [2.05, 4.69) is 9.55 Å². The third-order valence-electron chi connectivity index (χ3n) is 4.17. The molecule has 4 rings (SSSR count). The van der Waals surface area contributed by atoms with Gasteiger partial charge in [-0.3, -0.25) is 0 Å². The van der Waals surface area contributed by atoms with Gasteiger partial charge in [-0.25, -0.2) is 9.78 Å². The number of benzene rings is 1. The Hall–Kier alpha value is -1.59. The highest BCUT2D eigenvalue weighted by molar-refractivity contribution is 6.31. The molecule has 0 bridgehead atoms. The molecule has 5 nitrogen and oxygen atoms in total. The standard InChI is InChI=1S/C15H15ClN2O3/c16-8-1-4-10-11(7-8)18(9-2-3-9)14(17-10)12-5-6-13(21-12)15(19)20/h1,4,7,9,12-13H,2-3,5-6H2,(H,19,20). The van der Waals surface area contributed by atoms with E-state index in [-0.39, 0.29) is 6.10 Å². The molecular weight excluding hydrogens is 292 g/mol. The van der Waals surface area contributed by atoms with E-state index in [4.69, 9.17) is 21.4 Å². The number of hydrogen-bond donors (Lipinski definition) is 1. The molecule has 6 heteroatoms. The molecule has 2 aromatic rings. The maximum Gasteiger partial charge on any atom is 0.332 e. The van der Waals surface area contributed by atoms with Gasteiger partial charge in [0.05, 0.1) is 11.0 Å². The minimum atomic E-state index is -0.894. The topological polar surface area (TPSA) is 64.3 Å². The van der Waals surface area contributed by atoms with Crippen LogP contribution in [0.4, 0.5) is 0 Å². The van der Waals surface area contributed by atoms with E-state index < -0.39 is 12.1 Å². The van der Waals surface area contributed by atoms with Crippen molar-refractivity contribution in [2.24, 2.45) is 0 Å². The summed E-state index contributed by atoms with van der Waals surface area (Å²) in [6.45, 7) is 0. The van der Waals surface area contributed by atoms with E-state index in [0.29, 0.717) is 23.9 Å². The Kier molecular flexibility index (Phi) is 2.94. The Morgan fingerprint density at radius 1 is 1.33 bits per heavy atom. The molecule has 2 aliphatic rings. The van der Waals surface area contributed by atoms with E-state index in [0.717, 1.165) is 29.7 Å². The lowest BCUT2D eigenvalue weighted by molar-refractivity contribution is -0.149. The highest BCUT2D eigenvalue weighted by Crippen LogP contribution is 2.43. The molecule has 110 valence electrons. The zero-order valence-electron chi connectivity index (χ0n) is 11.3. The molecule has 1 saturated heterocycles. The molecule has 1 aliphatic carbocycles. The number of carboxylic acid groups (broad SMARTS) is 1. The van der Waals surface area contributed by atoms with Crippen LogP contribution in [-0.4, -0.2) is 26.7 Å². The van der Waals surface area contributed by atoms with Crippen molar-refractivity contribution in [2.75, 3.05) is 0 Å². The van der Waals surface area contributed by atoms with Gasteiger partial charge in [-0.15, -0.1) is 0 Å². The van der Waals surface area contributed by atoms with Crippen molar-refractivity contribution in [3.8, 4) is 0 Å². The zero-order valence-corrected chi connectivity index (χ0v) is 12.1. The van der Waals surface area contributed by atoms with Gasteiger partial charge in [0.1, 0.15) is 11.9 Å². The highest BCUT2D eigenvalue weighted by atomic mass is 35.5. The van der Waals surface area contributed by atoms with Gasteiger partial charge in [0.15, 0.2) is 6.10 Å². The first kappa shape index (κ1) is 13.1. The van der Waals surface area contributed by atoms with Crippen LogP contribution < -0.4 is 0 Å². The summed E-state index contributed by atoms with van der Waals surface area (Å²) in [5.41, 5.74) is 1.91. The molecular formula is C15H15ClN2O3. The fraction of sp³-hybridized carbons (Fsp3) is 0.467. The van der Waals surface area contributed by atoms with Crippen LogP contribution in [0.5, 0.6) is 0 Å². The summed E-state index contributed by atoms with van der Waals surface area (Å²) < 4.78 is 7.86. The number of nitrogens with zero attached hydrogens (tertiary/aromatic N) is 2. The third kappa shape index (κ3) is 2.21. The summed E-state index contributed by atoms with van der Waals surface area (Å²) >= 11 is 6.10. The summed E-state index contributed by atoms with van der Waals surface area (Å²) in [6, 6.07) is 6.10. The van der Waals surface area contributed by atoms with Gasteiger partial charge in [0.2, 0.25) is 0 Å². The van der Waals surface area contributed by atoms with Crippen LogP contribution in [0.25, 0.3) is 11.0 Å². The first-order chi connectivity index (χ1) is 10.1. The molecule has 1 aromatic heterocycles. The third-order valence-corrected chi connectivity index (χ3v) is 4.41. The summed E-state index contributed by atoms with van der Waals surface area (Å²) in [6.07, 6.45) is 2.53. The molecule has 2 fully saturated rings. The Labute approximate surface area is 126 Å². The Morgan fingerprint density at radius 2 is 2.14 bits per heavy atom. The van der Waals surface area contributed by atoms with Crippen LogP contribution in [0, 0.1) is 0 Å². The van der Waals surface area contributed by atoms with Gasteiger partial charge < -0.3 is 14.4 Å². The van der Waals surface area contributed by atoms with Crippen molar-refractivity contribution in [3.05, 3.63) is 29.0 Å². The number of aromatic nitrogens is 2. The second-order valence-electron chi connectivity index (χ2n) is 5.73.